The Balaban J connectivity index is 1.84. The predicted molar refractivity (Wildman–Crippen MR) is 89.6 cm³/mol. The number of fused-ring (bicyclic) bond motifs is 3. The number of benzene rings is 2. The van der Waals surface area contributed by atoms with Crippen LogP contribution in [0.15, 0.2) is 51.7 Å². The van der Waals surface area contributed by atoms with Gasteiger partial charge >= 0.3 is 5.63 Å². The molecule has 23 heavy (non-hydrogen) atoms. The molecular formula is C19H20NO3+. The summed E-state index contributed by atoms with van der Waals surface area (Å²) in [6.07, 6.45) is 1.49. The largest absolute Gasteiger partial charge is 0.423 e. The maximum Gasteiger partial charge on any atom is 0.336 e. The molecule has 118 valence electrons. The van der Waals surface area contributed by atoms with Crippen molar-refractivity contribution in [3.63, 3.8) is 0 Å². The summed E-state index contributed by atoms with van der Waals surface area (Å²) in [6, 6.07) is 13.7. The van der Waals surface area contributed by atoms with E-state index in [1.54, 1.807) is 6.07 Å². The molecule has 0 amide bonds. The molecule has 2 aromatic carbocycles. The van der Waals surface area contributed by atoms with Crippen LogP contribution in [-0.2, 0) is 6.54 Å². The zero-order chi connectivity index (χ0) is 15.8. The Labute approximate surface area is 133 Å². The third-order valence-corrected chi connectivity index (χ3v) is 4.82. The molecule has 2 N–H and O–H groups in total. The first-order valence-electron chi connectivity index (χ1n) is 8.17. The van der Waals surface area contributed by atoms with Gasteiger partial charge in [0.1, 0.15) is 12.1 Å². The van der Waals surface area contributed by atoms with E-state index in [-0.39, 0.29) is 11.7 Å². The molecule has 3 aromatic rings. The molecule has 0 spiro atoms. The summed E-state index contributed by atoms with van der Waals surface area (Å²) in [5.74, 6) is 0. The average Bonchev–Trinajstić information content (AvgIpc) is 2.56. The molecule has 4 heteroatoms. The van der Waals surface area contributed by atoms with Crippen LogP contribution in [0.2, 0.25) is 0 Å². The Morgan fingerprint density at radius 1 is 1.13 bits per heavy atom. The van der Waals surface area contributed by atoms with Gasteiger partial charge in [-0.1, -0.05) is 30.3 Å². The van der Waals surface area contributed by atoms with Crippen molar-refractivity contribution >= 4 is 21.7 Å². The second kappa shape index (κ2) is 5.80. The fraction of sp³-hybridized carbons (Fsp3) is 0.316. The van der Waals surface area contributed by atoms with Gasteiger partial charge in [0.15, 0.2) is 0 Å². The third-order valence-electron chi connectivity index (χ3n) is 4.82. The second-order valence-electron chi connectivity index (χ2n) is 6.41. The first-order chi connectivity index (χ1) is 11.2. The number of quaternary nitrogens is 1. The number of piperidine rings is 1. The van der Waals surface area contributed by atoms with Crippen LogP contribution in [0.4, 0.5) is 0 Å². The molecule has 4 rings (SSSR count). The summed E-state index contributed by atoms with van der Waals surface area (Å²) < 4.78 is 5.41. The van der Waals surface area contributed by atoms with E-state index in [0.29, 0.717) is 5.58 Å². The highest BCUT2D eigenvalue weighted by Crippen LogP contribution is 2.27. The number of nitrogens with one attached hydrogen (secondary N) is 1. The van der Waals surface area contributed by atoms with Crippen LogP contribution in [0.25, 0.3) is 21.7 Å². The van der Waals surface area contributed by atoms with Gasteiger partial charge in [-0.25, -0.2) is 4.79 Å². The molecule has 0 radical (unpaired) electrons. The molecule has 1 aromatic heterocycles. The van der Waals surface area contributed by atoms with Crippen molar-refractivity contribution in [2.75, 3.05) is 13.1 Å². The highest BCUT2D eigenvalue weighted by Gasteiger charge is 2.22. The van der Waals surface area contributed by atoms with E-state index in [2.05, 4.69) is 12.1 Å². The Morgan fingerprint density at radius 2 is 1.91 bits per heavy atom. The summed E-state index contributed by atoms with van der Waals surface area (Å²) in [5.41, 5.74) is 1.40. The average molecular weight is 310 g/mol. The first-order valence-corrected chi connectivity index (χ1v) is 8.17. The summed E-state index contributed by atoms with van der Waals surface area (Å²) in [5, 5.41) is 13.0. The monoisotopic (exact) mass is 310 g/mol. The van der Waals surface area contributed by atoms with Gasteiger partial charge in [0, 0.05) is 29.9 Å². The van der Waals surface area contributed by atoms with Gasteiger partial charge in [-0.2, -0.15) is 0 Å². The van der Waals surface area contributed by atoms with Crippen LogP contribution in [-0.4, -0.2) is 24.3 Å². The van der Waals surface area contributed by atoms with Crippen LogP contribution < -0.4 is 10.5 Å². The molecule has 1 aliphatic heterocycles. The fourth-order valence-electron chi connectivity index (χ4n) is 3.62. The highest BCUT2D eigenvalue weighted by atomic mass is 16.4. The highest BCUT2D eigenvalue weighted by molar-refractivity contribution is 6.06. The van der Waals surface area contributed by atoms with Crippen molar-refractivity contribution in [3.05, 3.63) is 58.4 Å². The van der Waals surface area contributed by atoms with Crippen molar-refractivity contribution in [3.8, 4) is 0 Å². The molecular weight excluding hydrogens is 290 g/mol. The van der Waals surface area contributed by atoms with Crippen LogP contribution in [0, 0.1) is 0 Å². The molecule has 1 saturated heterocycles. The van der Waals surface area contributed by atoms with E-state index < -0.39 is 0 Å². The van der Waals surface area contributed by atoms with E-state index in [1.807, 2.05) is 24.3 Å². The maximum absolute atomic E-state index is 11.9. The molecule has 0 bridgehead atoms. The fourth-order valence-corrected chi connectivity index (χ4v) is 3.62. The van der Waals surface area contributed by atoms with Crippen molar-refractivity contribution in [1.29, 1.82) is 0 Å². The lowest BCUT2D eigenvalue weighted by Crippen LogP contribution is -3.12. The zero-order valence-corrected chi connectivity index (χ0v) is 12.9. The van der Waals surface area contributed by atoms with Crippen molar-refractivity contribution in [2.45, 2.75) is 25.5 Å². The van der Waals surface area contributed by atoms with Gasteiger partial charge in [0.05, 0.1) is 19.2 Å². The van der Waals surface area contributed by atoms with Crippen molar-refractivity contribution in [2.24, 2.45) is 0 Å². The number of likely N-dealkylation sites (tertiary alicyclic amines) is 1. The van der Waals surface area contributed by atoms with Crippen molar-refractivity contribution < 1.29 is 14.4 Å². The minimum absolute atomic E-state index is 0.169. The Kier molecular flexibility index (Phi) is 3.63. The second-order valence-corrected chi connectivity index (χ2v) is 6.41. The number of aliphatic hydroxyl groups is 1. The van der Waals surface area contributed by atoms with Crippen LogP contribution in [0.5, 0.6) is 0 Å². The van der Waals surface area contributed by atoms with Crippen LogP contribution >= 0.6 is 0 Å². The number of hydrogen-bond donors (Lipinski definition) is 2. The molecule has 4 nitrogen and oxygen atoms in total. The van der Waals surface area contributed by atoms with Gasteiger partial charge in [-0.05, 0) is 16.8 Å². The smallest absolute Gasteiger partial charge is 0.336 e. The summed E-state index contributed by atoms with van der Waals surface area (Å²) >= 11 is 0. The van der Waals surface area contributed by atoms with Gasteiger partial charge in [-0.3, -0.25) is 0 Å². The van der Waals surface area contributed by atoms with E-state index in [4.69, 9.17) is 4.42 Å². The Bertz CT molecular complexity index is 907. The zero-order valence-electron chi connectivity index (χ0n) is 12.9. The maximum atomic E-state index is 11.9. The van der Waals surface area contributed by atoms with Gasteiger partial charge < -0.3 is 14.4 Å². The molecule has 1 fully saturated rings. The molecule has 2 heterocycles. The lowest BCUT2D eigenvalue weighted by atomic mass is 10.0. The SMILES string of the molecule is O=c1cc(C[NH+]2CCC(O)CC2)c2c(ccc3ccccc32)o1. The normalized spacial score (nSPS) is 21.8. The quantitative estimate of drug-likeness (QED) is 0.557. The topological polar surface area (TPSA) is 54.9 Å². The van der Waals surface area contributed by atoms with Gasteiger partial charge in [0.25, 0.3) is 0 Å². The predicted octanol–water partition coefficient (Wildman–Crippen LogP) is 1.49. The standard InChI is InChI=1S/C19H19NO3/c21-15-7-9-20(10-8-15)12-14-11-18(22)23-17-6-5-13-3-1-2-4-16(13)19(14)17/h1-6,11,15,21H,7-10,12H2/p+1. The summed E-state index contributed by atoms with van der Waals surface area (Å²) in [7, 11) is 0. The van der Waals surface area contributed by atoms with Gasteiger partial charge in [0.2, 0.25) is 0 Å². The molecule has 0 unspecified atom stereocenters. The lowest BCUT2D eigenvalue weighted by molar-refractivity contribution is -0.919. The minimum atomic E-state index is -0.292. The van der Waals surface area contributed by atoms with E-state index in [0.717, 1.165) is 54.2 Å². The molecule has 0 atom stereocenters. The van der Waals surface area contributed by atoms with E-state index >= 15 is 0 Å². The molecule has 0 aliphatic carbocycles. The molecule has 0 saturated carbocycles. The number of hydrogen-bond acceptors (Lipinski definition) is 3. The summed E-state index contributed by atoms with van der Waals surface area (Å²) in [4.78, 5) is 13.3. The van der Waals surface area contributed by atoms with Crippen LogP contribution in [0.3, 0.4) is 0 Å². The van der Waals surface area contributed by atoms with E-state index in [9.17, 15) is 9.90 Å². The Morgan fingerprint density at radius 3 is 2.74 bits per heavy atom. The molecule has 1 aliphatic rings. The first kappa shape index (κ1) is 14.4. The van der Waals surface area contributed by atoms with Gasteiger partial charge in [-0.15, -0.1) is 0 Å². The van der Waals surface area contributed by atoms with Crippen molar-refractivity contribution in [1.82, 2.24) is 0 Å². The van der Waals surface area contributed by atoms with E-state index in [1.165, 1.54) is 4.90 Å². The third kappa shape index (κ3) is 2.76. The number of aliphatic hydroxyl groups excluding tert-OH is 1. The summed E-state index contributed by atoms with van der Waals surface area (Å²) in [6.45, 7) is 2.67. The minimum Gasteiger partial charge on any atom is -0.423 e. The number of rotatable bonds is 2. The van der Waals surface area contributed by atoms with Crippen LogP contribution in [0.1, 0.15) is 18.4 Å². The lowest BCUT2D eigenvalue weighted by Gasteiger charge is -2.27. The Hall–Kier alpha value is -2.17.